The standard InChI is InChI=1S/C26H26N4O5S/c1-31-18-8-6-16(7-9-18)29-10-4-5-17(29)15-34-22-11-19(32-2)12-23-20(22)13-24(35-23)21-14-30-25(27-21)36-26(28-30)33-3/h6-9,11-14,17H,4-5,10,15H2,1-3H3/t17-/m1/s1. The Labute approximate surface area is 211 Å². The summed E-state index contributed by atoms with van der Waals surface area (Å²) < 4.78 is 30.3. The molecular weight excluding hydrogens is 480 g/mol. The van der Waals surface area contributed by atoms with E-state index in [1.54, 1.807) is 25.8 Å². The van der Waals surface area contributed by atoms with Crippen molar-refractivity contribution >= 4 is 33.0 Å². The van der Waals surface area contributed by atoms with Gasteiger partial charge in [0.15, 0.2) is 5.76 Å². The predicted octanol–water partition coefficient (Wildman–Crippen LogP) is 5.28. The first-order chi connectivity index (χ1) is 17.6. The second-order valence-electron chi connectivity index (χ2n) is 8.57. The van der Waals surface area contributed by atoms with E-state index in [-0.39, 0.29) is 6.04 Å². The zero-order valence-electron chi connectivity index (χ0n) is 20.3. The van der Waals surface area contributed by atoms with E-state index >= 15 is 0 Å². The fraction of sp³-hybridized carbons (Fsp3) is 0.308. The van der Waals surface area contributed by atoms with E-state index in [4.69, 9.17) is 23.4 Å². The highest BCUT2D eigenvalue weighted by atomic mass is 32.1. The summed E-state index contributed by atoms with van der Waals surface area (Å²) in [7, 11) is 4.91. The Kier molecular flexibility index (Phi) is 5.80. The number of nitrogens with zero attached hydrogens (tertiary/aromatic N) is 4. The third-order valence-electron chi connectivity index (χ3n) is 6.47. The molecule has 36 heavy (non-hydrogen) atoms. The molecule has 1 saturated heterocycles. The minimum absolute atomic E-state index is 0.270. The lowest BCUT2D eigenvalue weighted by Crippen LogP contribution is -2.34. The van der Waals surface area contributed by atoms with Gasteiger partial charge in [-0.1, -0.05) is 0 Å². The fourth-order valence-corrected chi connectivity index (χ4v) is 5.34. The maximum Gasteiger partial charge on any atom is 0.294 e. The molecule has 0 spiro atoms. The zero-order valence-corrected chi connectivity index (χ0v) is 21.1. The summed E-state index contributed by atoms with van der Waals surface area (Å²) in [5.74, 6) is 2.89. The summed E-state index contributed by atoms with van der Waals surface area (Å²) in [4.78, 5) is 7.77. The number of furan rings is 1. The summed E-state index contributed by atoms with van der Waals surface area (Å²) in [6.45, 7) is 1.55. The van der Waals surface area contributed by atoms with Gasteiger partial charge in [0.1, 0.15) is 35.1 Å². The van der Waals surface area contributed by atoms with Gasteiger partial charge in [0, 0.05) is 24.4 Å². The Bertz CT molecular complexity index is 1470. The molecule has 0 unspecified atom stereocenters. The lowest BCUT2D eigenvalue weighted by molar-refractivity contribution is 0.290. The second kappa shape index (κ2) is 9.27. The van der Waals surface area contributed by atoms with Gasteiger partial charge in [-0.05, 0) is 54.5 Å². The van der Waals surface area contributed by atoms with Crippen LogP contribution in [0.15, 0.2) is 53.1 Å². The molecule has 186 valence electrons. The van der Waals surface area contributed by atoms with Crippen molar-refractivity contribution in [1.29, 1.82) is 0 Å². The highest BCUT2D eigenvalue weighted by molar-refractivity contribution is 7.18. The van der Waals surface area contributed by atoms with Gasteiger partial charge in [0.25, 0.3) is 5.19 Å². The van der Waals surface area contributed by atoms with Crippen molar-refractivity contribution in [3.05, 3.63) is 48.7 Å². The van der Waals surface area contributed by atoms with E-state index in [0.29, 0.717) is 34.6 Å². The van der Waals surface area contributed by atoms with Crippen LogP contribution in [0, 0.1) is 0 Å². The number of hydrogen-bond acceptors (Lipinski definition) is 9. The first-order valence-corrected chi connectivity index (χ1v) is 12.5. The van der Waals surface area contributed by atoms with Crippen molar-refractivity contribution in [3.8, 4) is 33.9 Å². The van der Waals surface area contributed by atoms with E-state index in [9.17, 15) is 0 Å². The molecule has 10 heteroatoms. The normalized spacial score (nSPS) is 15.6. The summed E-state index contributed by atoms with van der Waals surface area (Å²) in [5.41, 5.74) is 2.55. The summed E-state index contributed by atoms with van der Waals surface area (Å²) >= 11 is 1.37. The molecule has 1 aliphatic rings. The molecule has 0 N–H and O–H groups in total. The molecule has 1 aliphatic heterocycles. The Hall–Kier alpha value is -3.92. The van der Waals surface area contributed by atoms with E-state index in [1.807, 2.05) is 36.5 Å². The van der Waals surface area contributed by atoms with Gasteiger partial charge in [0.2, 0.25) is 4.96 Å². The highest BCUT2D eigenvalue weighted by Crippen LogP contribution is 2.38. The minimum Gasteiger partial charge on any atom is -0.497 e. The number of fused-ring (bicyclic) bond motifs is 2. The number of benzene rings is 2. The molecule has 1 atom stereocenters. The van der Waals surface area contributed by atoms with Crippen molar-refractivity contribution in [2.24, 2.45) is 0 Å². The SMILES string of the molecule is COc1ccc(N2CCC[C@@H]2COc2cc(OC)cc3oc(-c4cn5nc(OC)sc5n4)cc23)cc1. The number of methoxy groups -OCH3 is 3. The highest BCUT2D eigenvalue weighted by Gasteiger charge is 2.26. The average Bonchev–Trinajstić information content (AvgIpc) is 3.69. The summed E-state index contributed by atoms with van der Waals surface area (Å²) in [5, 5.41) is 5.78. The molecule has 1 fully saturated rings. The quantitative estimate of drug-likeness (QED) is 0.281. The smallest absolute Gasteiger partial charge is 0.294 e. The molecule has 5 aromatic rings. The molecule has 3 aromatic heterocycles. The molecule has 0 bridgehead atoms. The molecule has 0 saturated carbocycles. The molecule has 6 rings (SSSR count). The van der Waals surface area contributed by atoms with Crippen LogP contribution in [-0.2, 0) is 0 Å². The van der Waals surface area contributed by atoms with Gasteiger partial charge >= 0.3 is 0 Å². The van der Waals surface area contributed by atoms with E-state index in [2.05, 4.69) is 27.1 Å². The molecule has 9 nitrogen and oxygen atoms in total. The van der Waals surface area contributed by atoms with Gasteiger partial charge in [-0.2, -0.15) is 0 Å². The zero-order chi connectivity index (χ0) is 24.6. The predicted molar refractivity (Wildman–Crippen MR) is 138 cm³/mol. The van der Waals surface area contributed by atoms with Crippen LogP contribution in [0.25, 0.3) is 27.4 Å². The number of rotatable bonds is 8. The number of aromatic nitrogens is 3. The van der Waals surface area contributed by atoms with Gasteiger partial charge in [-0.15, -0.1) is 5.10 Å². The Morgan fingerprint density at radius 3 is 2.61 bits per heavy atom. The molecule has 2 aromatic carbocycles. The Morgan fingerprint density at radius 1 is 1.03 bits per heavy atom. The monoisotopic (exact) mass is 506 g/mol. The van der Waals surface area contributed by atoms with Crippen LogP contribution in [0.1, 0.15) is 12.8 Å². The van der Waals surface area contributed by atoms with Crippen LogP contribution in [0.3, 0.4) is 0 Å². The largest absolute Gasteiger partial charge is 0.497 e. The lowest BCUT2D eigenvalue weighted by Gasteiger charge is -2.27. The van der Waals surface area contributed by atoms with Gasteiger partial charge in [-0.25, -0.2) is 9.50 Å². The summed E-state index contributed by atoms with van der Waals surface area (Å²) in [6, 6.07) is 14.2. The fourth-order valence-electron chi connectivity index (χ4n) is 4.64. The first kappa shape index (κ1) is 22.5. The van der Waals surface area contributed by atoms with Crippen LogP contribution in [-0.4, -0.2) is 55.1 Å². The maximum absolute atomic E-state index is 6.41. The van der Waals surface area contributed by atoms with Crippen molar-refractivity contribution in [2.45, 2.75) is 18.9 Å². The van der Waals surface area contributed by atoms with Crippen LogP contribution in [0.4, 0.5) is 5.69 Å². The van der Waals surface area contributed by atoms with E-state index in [1.165, 1.54) is 17.0 Å². The van der Waals surface area contributed by atoms with Gasteiger partial charge in [0.05, 0.1) is 39.0 Å². The average molecular weight is 507 g/mol. The van der Waals surface area contributed by atoms with Crippen LogP contribution < -0.4 is 23.8 Å². The van der Waals surface area contributed by atoms with Gasteiger partial charge in [-0.3, -0.25) is 0 Å². The van der Waals surface area contributed by atoms with E-state index < -0.39 is 0 Å². The Balaban J connectivity index is 1.26. The Morgan fingerprint density at radius 2 is 1.86 bits per heavy atom. The van der Waals surface area contributed by atoms with Crippen LogP contribution in [0.5, 0.6) is 22.4 Å². The van der Waals surface area contributed by atoms with Gasteiger partial charge < -0.3 is 28.3 Å². The molecule has 4 heterocycles. The third-order valence-corrected chi connectivity index (χ3v) is 7.36. The molecule has 0 radical (unpaired) electrons. The number of hydrogen-bond donors (Lipinski definition) is 0. The lowest BCUT2D eigenvalue weighted by atomic mass is 10.2. The second-order valence-corrected chi connectivity index (χ2v) is 9.49. The van der Waals surface area contributed by atoms with Crippen molar-refractivity contribution in [3.63, 3.8) is 0 Å². The maximum atomic E-state index is 6.41. The van der Waals surface area contributed by atoms with Crippen molar-refractivity contribution in [2.75, 3.05) is 39.4 Å². The van der Waals surface area contributed by atoms with Crippen molar-refractivity contribution < 1.29 is 23.4 Å². The van der Waals surface area contributed by atoms with Crippen LogP contribution in [0.2, 0.25) is 0 Å². The first-order valence-electron chi connectivity index (χ1n) is 11.7. The molecular formula is C26H26N4O5S. The number of imidazole rings is 1. The van der Waals surface area contributed by atoms with E-state index in [0.717, 1.165) is 41.2 Å². The number of anilines is 1. The molecule has 0 aliphatic carbocycles. The molecule has 0 amide bonds. The van der Waals surface area contributed by atoms with Crippen LogP contribution >= 0.6 is 11.3 Å². The van der Waals surface area contributed by atoms with Crippen molar-refractivity contribution in [1.82, 2.24) is 14.6 Å². The number of ether oxygens (including phenoxy) is 4. The topological polar surface area (TPSA) is 83.5 Å². The summed E-state index contributed by atoms with van der Waals surface area (Å²) in [6.07, 6.45) is 4.02. The minimum atomic E-state index is 0.270. The third kappa shape index (κ3) is 4.07.